The number of nitrogens with zero attached hydrogens (tertiary/aromatic N) is 3. The van der Waals surface area contributed by atoms with Gasteiger partial charge in [0.05, 0.1) is 6.61 Å². The summed E-state index contributed by atoms with van der Waals surface area (Å²) in [6, 6.07) is 7.52. The second-order valence-corrected chi connectivity index (χ2v) is 3.89. The largest absolute Gasteiger partial charge is 0.474 e. The van der Waals surface area contributed by atoms with Gasteiger partial charge in [0.15, 0.2) is 0 Å². The van der Waals surface area contributed by atoms with Crippen LogP contribution in [-0.2, 0) is 0 Å². The number of hydrogen-bond acceptors (Lipinski definition) is 5. The molecule has 5 heteroatoms. The van der Waals surface area contributed by atoms with E-state index in [4.69, 9.17) is 15.1 Å². The Morgan fingerprint density at radius 2 is 2.11 bits per heavy atom. The van der Waals surface area contributed by atoms with Crippen LogP contribution >= 0.6 is 0 Å². The summed E-state index contributed by atoms with van der Waals surface area (Å²) in [5.41, 5.74) is 2.93. The zero-order valence-corrected chi connectivity index (χ0v) is 10.5. The molecule has 0 aliphatic carbocycles. The van der Waals surface area contributed by atoms with Crippen LogP contribution in [-0.4, -0.2) is 28.3 Å². The Balaban J connectivity index is 2.46. The fraction of sp³-hybridized carbons (Fsp3) is 0.214. The van der Waals surface area contributed by atoms with Crippen LogP contribution in [0.5, 0.6) is 5.88 Å². The van der Waals surface area contributed by atoms with E-state index in [1.165, 1.54) is 0 Å². The van der Waals surface area contributed by atoms with E-state index < -0.39 is 0 Å². The second kappa shape index (κ2) is 5.94. The van der Waals surface area contributed by atoms with Gasteiger partial charge in [-0.1, -0.05) is 0 Å². The van der Waals surface area contributed by atoms with Crippen LogP contribution in [0.25, 0.3) is 11.1 Å². The van der Waals surface area contributed by atoms with Crippen molar-refractivity contribution in [2.45, 2.75) is 6.92 Å². The molecule has 19 heavy (non-hydrogen) atoms. The molecule has 0 aromatic carbocycles. The van der Waals surface area contributed by atoms with E-state index >= 15 is 0 Å². The first kappa shape index (κ1) is 13.0. The third-order valence-electron chi connectivity index (χ3n) is 2.62. The maximum absolute atomic E-state index is 9.14. The number of hydrogen-bond donors (Lipinski definition) is 1. The normalized spacial score (nSPS) is 9.95. The molecule has 0 spiro atoms. The van der Waals surface area contributed by atoms with Crippen molar-refractivity contribution in [1.29, 1.82) is 5.26 Å². The lowest BCUT2D eigenvalue weighted by atomic mass is 10.0. The number of aromatic nitrogens is 2. The molecule has 96 valence electrons. The molecule has 2 aromatic rings. The van der Waals surface area contributed by atoms with Gasteiger partial charge in [0.1, 0.15) is 18.2 Å². The maximum Gasteiger partial charge on any atom is 0.232 e. The molecule has 0 amide bonds. The highest BCUT2D eigenvalue weighted by Crippen LogP contribution is 2.27. The fourth-order valence-electron chi connectivity index (χ4n) is 1.74. The molecule has 0 aliphatic heterocycles. The molecule has 0 saturated carbocycles. The van der Waals surface area contributed by atoms with Gasteiger partial charge in [0.2, 0.25) is 5.88 Å². The summed E-state index contributed by atoms with van der Waals surface area (Å²) in [6.07, 6.45) is 3.38. The van der Waals surface area contributed by atoms with Crippen LogP contribution in [0.2, 0.25) is 0 Å². The minimum absolute atomic E-state index is 0.113. The van der Waals surface area contributed by atoms with Crippen LogP contribution in [0.3, 0.4) is 0 Å². The number of rotatable bonds is 4. The van der Waals surface area contributed by atoms with Crippen molar-refractivity contribution in [3.05, 3.63) is 41.9 Å². The summed E-state index contributed by atoms with van der Waals surface area (Å²) in [5, 5.41) is 17.9. The van der Waals surface area contributed by atoms with Gasteiger partial charge in [-0.25, -0.2) is 4.98 Å². The fourth-order valence-corrected chi connectivity index (χ4v) is 1.74. The molecule has 2 heterocycles. The highest BCUT2D eigenvalue weighted by atomic mass is 16.5. The van der Waals surface area contributed by atoms with E-state index in [1.807, 2.05) is 19.1 Å². The first-order valence-electron chi connectivity index (χ1n) is 5.82. The van der Waals surface area contributed by atoms with Crippen LogP contribution in [0.4, 0.5) is 0 Å². The minimum Gasteiger partial charge on any atom is -0.474 e. The molecule has 0 unspecified atom stereocenters. The molecule has 2 aromatic heterocycles. The zero-order chi connectivity index (χ0) is 13.7. The highest BCUT2D eigenvalue weighted by Gasteiger charge is 2.11. The Labute approximate surface area is 111 Å². The third kappa shape index (κ3) is 2.87. The average molecular weight is 255 g/mol. The quantitative estimate of drug-likeness (QED) is 0.899. The summed E-state index contributed by atoms with van der Waals surface area (Å²) in [4.78, 5) is 8.24. The second-order valence-electron chi connectivity index (χ2n) is 3.89. The molecular weight excluding hydrogens is 242 g/mol. The average Bonchev–Trinajstić information content (AvgIpc) is 2.46. The lowest BCUT2D eigenvalue weighted by Crippen LogP contribution is -2.06. The summed E-state index contributed by atoms with van der Waals surface area (Å²) < 4.78 is 5.25. The maximum atomic E-state index is 9.14. The summed E-state index contributed by atoms with van der Waals surface area (Å²) in [7, 11) is 0. The van der Waals surface area contributed by atoms with Crippen molar-refractivity contribution in [1.82, 2.24) is 9.97 Å². The first-order chi connectivity index (χ1) is 9.26. The topological polar surface area (TPSA) is 79.0 Å². The van der Waals surface area contributed by atoms with Gasteiger partial charge in [0, 0.05) is 23.7 Å². The van der Waals surface area contributed by atoms with Crippen molar-refractivity contribution < 1.29 is 9.84 Å². The smallest absolute Gasteiger partial charge is 0.232 e. The molecule has 2 rings (SSSR count). The van der Waals surface area contributed by atoms with E-state index in [0.717, 1.165) is 16.8 Å². The number of ether oxygens (including phenoxy) is 1. The monoisotopic (exact) mass is 255 g/mol. The van der Waals surface area contributed by atoms with Gasteiger partial charge in [-0.15, -0.1) is 0 Å². The lowest BCUT2D eigenvalue weighted by molar-refractivity contribution is 0.196. The number of aliphatic hydroxyl groups is 1. The van der Waals surface area contributed by atoms with Crippen molar-refractivity contribution >= 4 is 0 Å². The molecule has 0 radical (unpaired) electrons. The third-order valence-corrected chi connectivity index (χ3v) is 2.62. The zero-order valence-electron chi connectivity index (χ0n) is 10.5. The van der Waals surface area contributed by atoms with Gasteiger partial charge in [-0.2, -0.15) is 5.26 Å². The molecule has 0 saturated heterocycles. The number of pyridine rings is 2. The van der Waals surface area contributed by atoms with Gasteiger partial charge in [-0.3, -0.25) is 4.98 Å². The Morgan fingerprint density at radius 3 is 2.74 bits per heavy atom. The van der Waals surface area contributed by atoms with Gasteiger partial charge < -0.3 is 9.84 Å². The predicted molar refractivity (Wildman–Crippen MR) is 69.5 cm³/mol. The summed E-state index contributed by atoms with van der Waals surface area (Å²) in [6.45, 7) is 1.86. The van der Waals surface area contributed by atoms with Crippen LogP contribution < -0.4 is 4.74 Å². The minimum atomic E-state index is -0.113. The first-order valence-corrected chi connectivity index (χ1v) is 5.82. The molecule has 0 bridgehead atoms. The Morgan fingerprint density at radius 1 is 1.37 bits per heavy atom. The van der Waals surface area contributed by atoms with Crippen molar-refractivity contribution in [2.75, 3.05) is 13.2 Å². The van der Waals surface area contributed by atoms with Gasteiger partial charge in [-0.05, 0) is 30.7 Å². The van der Waals surface area contributed by atoms with Gasteiger partial charge in [0.25, 0.3) is 0 Å². The Kier molecular flexibility index (Phi) is 4.06. The number of nitriles is 1. The van der Waals surface area contributed by atoms with Crippen LogP contribution in [0, 0.1) is 18.3 Å². The highest BCUT2D eigenvalue weighted by molar-refractivity contribution is 5.68. The standard InChI is InChI=1S/C14H13N3O2/c1-10-13(11-2-4-16-5-3-11)8-12(9-15)14(17-10)19-7-6-18/h2-5,8,18H,6-7H2,1H3. The molecule has 5 nitrogen and oxygen atoms in total. The van der Waals surface area contributed by atoms with Gasteiger partial charge >= 0.3 is 0 Å². The molecule has 0 atom stereocenters. The lowest BCUT2D eigenvalue weighted by Gasteiger charge is -2.10. The number of aryl methyl sites for hydroxylation is 1. The van der Waals surface area contributed by atoms with Crippen molar-refractivity contribution in [2.24, 2.45) is 0 Å². The number of aliphatic hydroxyl groups excluding tert-OH is 1. The van der Waals surface area contributed by atoms with Crippen LogP contribution in [0.15, 0.2) is 30.6 Å². The van der Waals surface area contributed by atoms with E-state index in [0.29, 0.717) is 5.56 Å². The summed E-state index contributed by atoms with van der Waals surface area (Å²) >= 11 is 0. The molecule has 0 fully saturated rings. The molecular formula is C14H13N3O2. The van der Waals surface area contributed by atoms with E-state index in [-0.39, 0.29) is 19.1 Å². The Bertz CT molecular complexity index is 606. The predicted octanol–water partition coefficient (Wildman–Crippen LogP) is 1.69. The Hall–Kier alpha value is -2.45. The molecule has 1 N–H and O–H groups in total. The van der Waals surface area contributed by atoms with E-state index in [2.05, 4.69) is 16.0 Å². The summed E-state index contributed by atoms with van der Waals surface area (Å²) in [5.74, 6) is 0.256. The molecule has 0 aliphatic rings. The van der Waals surface area contributed by atoms with Crippen molar-refractivity contribution in [3.63, 3.8) is 0 Å². The SMILES string of the molecule is Cc1nc(OCCO)c(C#N)cc1-c1ccncc1. The van der Waals surface area contributed by atoms with Crippen molar-refractivity contribution in [3.8, 4) is 23.1 Å². The van der Waals surface area contributed by atoms with Crippen LogP contribution in [0.1, 0.15) is 11.3 Å². The van der Waals surface area contributed by atoms with E-state index in [1.54, 1.807) is 18.5 Å². The van der Waals surface area contributed by atoms with E-state index in [9.17, 15) is 0 Å².